The molecule has 0 radical (unpaired) electrons. The van der Waals surface area contributed by atoms with Gasteiger partial charge in [-0.1, -0.05) is 18.2 Å². The summed E-state index contributed by atoms with van der Waals surface area (Å²) in [5.74, 6) is 1.80. The van der Waals surface area contributed by atoms with Gasteiger partial charge in [0.2, 0.25) is 5.95 Å². The van der Waals surface area contributed by atoms with E-state index in [1.54, 1.807) is 0 Å². The van der Waals surface area contributed by atoms with Crippen molar-refractivity contribution in [2.24, 2.45) is 0 Å². The number of benzene rings is 1. The third kappa shape index (κ3) is 2.46. The molecule has 1 aromatic carbocycles. The molecular weight excluding hydrogens is 260 g/mol. The van der Waals surface area contributed by atoms with E-state index >= 15 is 0 Å². The van der Waals surface area contributed by atoms with Gasteiger partial charge in [-0.25, -0.2) is 4.98 Å². The third-order valence-electron chi connectivity index (χ3n) is 4.14. The number of aromatic nitrogens is 2. The van der Waals surface area contributed by atoms with Crippen molar-refractivity contribution >= 4 is 17.5 Å². The van der Waals surface area contributed by atoms with E-state index in [9.17, 15) is 0 Å². The molecular formula is C17H22N4. The Hall–Kier alpha value is -2.10. The Morgan fingerprint density at radius 1 is 1.19 bits per heavy atom. The first-order valence-corrected chi connectivity index (χ1v) is 7.69. The molecule has 0 fully saturated rings. The molecule has 0 saturated carbocycles. The zero-order valence-corrected chi connectivity index (χ0v) is 13.0. The highest BCUT2D eigenvalue weighted by Crippen LogP contribution is 2.36. The summed E-state index contributed by atoms with van der Waals surface area (Å²) in [5, 5.41) is 0. The van der Waals surface area contributed by atoms with Gasteiger partial charge < -0.3 is 9.80 Å². The van der Waals surface area contributed by atoms with Crippen LogP contribution in [0.15, 0.2) is 36.5 Å². The highest BCUT2D eigenvalue weighted by molar-refractivity contribution is 5.67. The average Bonchev–Trinajstić information content (AvgIpc) is 2.84. The normalized spacial score (nSPS) is 16.9. The molecule has 2 heterocycles. The van der Waals surface area contributed by atoms with Crippen LogP contribution in [-0.2, 0) is 6.42 Å². The van der Waals surface area contributed by atoms with Gasteiger partial charge in [-0.3, -0.25) is 0 Å². The predicted octanol–water partition coefficient (Wildman–Crippen LogP) is 3.41. The van der Waals surface area contributed by atoms with Gasteiger partial charge in [0, 0.05) is 31.0 Å². The number of rotatable bonds is 4. The standard InChI is InChI=1S/C17H22N4/c1-4-20(5-2)16-10-11-18-17(19-16)21-13(3)12-14-8-6-7-9-15(14)21/h6-11,13H,4-5,12H2,1-3H3. The molecule has 2 aromatic rings. The van der Waals surface area contributed by atoms with E-state index in [2.05, 4.69) is 59.8 Å². The van der Waals surface area contributed by atoms with Crippen LogP contribution in [0.3, 0.4) is 0 Å². The van der Waals surface area contributed by atoms with Crippen LogP contribution in [0.2, 0.25) is 0 Å². The lowest BCUT2D eigenvalue weighted by molar-refractivity contribution is 0.736. The summed E-state index contributed by atoms with van der Waals surface area (Å²) in [6, 6.07) is 10.9. The van der Waals surface area contributed by atoms with Crippen LogP contribution in [0.1, 0.15) is 26.3 Å². The zero-order valence-electron chi connectivity index (χ0n) is 13.0. The molecule has 0 N–H and O–H groups in total. The third-order valence-corrected chi connectivity index (χ3v) is 4.14. The number of fused-ring (bicyclic) bond motifs is 1. The number of hydrogen-bond donors (Lipinski definition) is 0. The maximum absolute atomic E-state index is 4.79. The lowest BCUT2D eigenvalue weighted by atomic mass is 10.1. The van der Waals surface area contributed by atoms with Crippen molar-refractivity contribution in [2.45, 2.75) is 33.2 Å². The molecule has 21 heavy (non-hydrogen) atoms. The molecule has 4 nitrogen and oxygen atoms in total. The largest absolute Gasteiger partial charge is 0.357 e. The van der Waals surface area contributed by atoms with E-state index in [1.807, 2.05) is 12.3 Å². The van der Waals surface area contributed by atoms with Crippen LogP contribution in [0.5, 0.6) is 0 Å². The van der Waals surface area contributed by atoms with Crippen LogP contribution >= 0.6 is 0 Å². The fraction of sp³-hybridized carbons (Fsp3) is 0.412. The van der Waals surface area contributed by atoms with Gasteiger partial charge in [0.05, 0.1) is 0 Å². The summed E-state index contributed by atoms with van der Waals surface area (Å²) in [7, 11) is 0. The smallest absolute Gasteiger partial charge is 0.232 e. The Labute approximate surface area is 126 Å². The van der Waals surface area contributed by atoms with E-state index in [1.165, 1.54) is 11.3 Å². The maximum Gasteiger partial charge on any atom is 0.232 e. The first-order chi connectivity index (χ1) is 10.2. The molecule has 1 atom stereocenters. The van der Waals surface area contributed by atoms with Gasteiger partial charge in [-0.15, -0.1) is 0 Å². The van der Waals surface area contributed by atoms with Gasteiger partial charge in [-0.05, 0) is 44.9 Å². The van der Waals surface area contributed by atoms with Crippen molar-refractivity contribution in [1.82, 2.24) is 9.97 Å². The first-order valence-electron chi connectivity index (χ1n) is 7.69. The molecule has 110 valence electrons. The van der Waals surface area contributed by atoms with Crippen LogP contribution < -0.4 is 9.80 Å². The minimum absolute atomic E-state index is 0.398. The summed E-state index contributed by atoms with van der Waals surface area (Å²) >= 11 is 0. The van der Waals surface area contributed by atoms with E-state index in [-0.39, 0.29) is 0 Å². The lowest BCUT2D eigenvalue weighted by Crippen LogP contribution is -2.28. The van der Waals surface area contributed by atoms with Crippen LogP contribution in [0.25, 0.3) is 0 Å². The summed E-state index contributed by atoms with van der Waals surface area (Å²) in [4.78, 5) is 13.8. The van der Waals surface area contributed by atoms with Gasteiger partial charge in [0.25, 0.3) is 0 Å². The Morgan fingerprint density at radius 3 is 2.71 bits per heavy atom. The van der Waals surface area contributed by atoms with Crippen LogP contribution in [0, 0.1) is 0 Å². The summed E-state index contributed by atoms with van der Waals surface area (Å²) in [6.07, 6.45) is 2.92. The Kier molecular flexibility index (Phi) is 3.78. The SMILES string of the molecule is CCN(CC)c1ccnc(N2c3ccccc3CC2C)n1. The Bertz CT molecular complexity index is 622. The van der Waals surface area contributed by atoms with Crippen molar-refractivity contribution in [2.75, 3.05) is 22.9 Å². The lowest BCUT2D eigenvalue weighted by Gasteiger charge is -2.25. The molecule has 1 unspecified atom stereocenters. The number of para-hydroxylation sites is 1. The highest BCUT2D eigenvalue weighted by atomic mass is 15.3. The van der Waals surface area contributed by atoms with E-state index in [4.69, 9.17) is 4.98 Å². The molecule has 0 amide bonds. The molecule has 0 spiro atoms. The van der Waals surface area contributed by atoms with E-state index < -0.39 is 0 Å². The second-order valence-electron chi connectivity index (χ2n) is 5.44. The highest BCUT2D eigenvalue weighted by Gasteiger charge is 2.28. The second kappa shape index (κ2) is 5.72. The molecule has 0 saturated heterocycles. The van der Waals surface area contributed by atoms with E-state index in [0.29, 0.717) is 6.04 Å². The maximum atomic E-state index is 4.79. The molecule has 1 aromatic heterocycles. The van der Waals surface area contributed by atoms with Crippen molar-refractivity contribution in [3.05, 3.63) is 42.1 Å². The average molecular weight is 282 g/mol. The molecule has 1 aliphatic heterocycles. The summed E-state index contributed by atoms with van der Waals surface area (Å²) in [6.45, 7) is 8.45. The monoisotopic (exact) mass is 282 g/mol. The molecule has 0 bridgehead atoms. The van der Waals surface area contributed by atoms with Crippen molar-refractivity contribution in [1.29, 1.82) is 0 Å². The summed E-state index contributed by atoms with van der Waals surface area (Å²) < 4.78 is 0. The predicted molar refractivity (Wildman–Crippen MR) is 87.3 cm³/mol. The van der Waals surface area contributed by atoms with Gasteiger partial charge >= 0.3 is 0 Å². The number of anilines is 3. The topological polar surface area (TPSA) is 32.3 Å². The fourth-order valence-corrected chi connectivity index (χ4v) is 3.05. The van der Waals surface area contributed by atoms with Gasteiger partial charge in [0.1, 0.15) is 5.82 Å². The van der Waals surface area contributed by atoms with Crippen molar-refractivity contribution < 1.29 is 0 Å². The molecule has 1 aliphatic rings. The fourth-order valence-electron chi connectivity index (χ4n) is 3.05. The number of nitrogens with zero attached hydrogens (tertiary/aromatic N) is 4. The summed E-state index contributed by atoms with van der Waals surface area (Å²) in [5.41, 5.74) is 2.61. The Morgan fingerprint density at radius 2 is 1.95 bits per heavy atom. The Balaban J connectivity index is 1.99. The molecule has 0 aliphatic carbocycles. The minimum Gasteiger partial charge on any atom is -0.357 e. The van der Waals surface area contributed by atoms with Crippen molar-refractivity contribution in [3.63, 3.8) is 0 Å². The minimum atomic E-state index is 0.398. The zero-order chi connectivity index (χ0) is 14.8. The van der Waals surface area contributed by atoms with Crippen molar-refractivity contribution in [3.8, 4) is 0 Å². The van der Waals surface area contributed by atoms with E-state index in [0.717, 1.165) is 31.3 Å². The molecule has 4 heteroatoms. The van der Waals surface area contributed by atoms with Gasteiger partial charge in [0.15, 0.2) is 0 Å². The second-order valence-corrected chi connectivity index (χ2v) is 5.44. The quantitative estimate of drug-likeness (QED) is 0.860. The van der Waals surface area contributed by atoms with Gasteiger partial charge in [-0.2, -0.15) is 4.98 Å². The first kappa shape index (κ1) is 13.9. The molecule has 3 rings (SSSR count). The van der Waals surface area contributed by atoms with Crippen LogP contribution in [-0.4, -0.2) is 29.1 Å². The van der Waals surface area contributed by atoms with Crippen LogP contribution in [0.4, 0.5) is 17.5 Å². The number of hydrogen-bond acceptors (Lipinski definition) is 4.